The summed E-state index contributed by atoms with van der Waals surface area (Å²) in [5, 5.41) is 0.0901. The van der Waals surface area contributed by atoms with Crippen LogP contribution in [0.25, 0.3) is 0 Å². The van der Waals surface area contributed by atoms with Crippen molar-refractivity contribution in [3.8, 4) is 0 Å². The Morgan fingerprint density at radius 2 is 1.83 bits per heavy atom. The highest BCUT2D eigenvalue weighted by Crippen LogP contribution is 2.48. The molecule has 0 amide bonds. The topological polar surface area (TPSA) is 69.7 Å². The lowest BCUT2D eigenvalue weighted by molar-refractivity contribution is 0.228. The van der Waals surface area contributed by atoms with Gasteiger partial charge in [-0.15, -0.1) is 0 Å². The Labute approximate surface area is 143 Å². The van der Waals surface area contributed by atoms with Crippen molar-refractivity contribution in [2.75, 3.05) is 12.5 Å². The summed E-state index contributed by atoms with van der Waals surface area (Å²) >= 11 is 6.07. The Morgan fingerprint density at radius 1 is 1.22 bits per heavy atom. The molecule has 23 heavy (non-hydrogen) atoms. The van der Waals surface area contributed by atoms with Crippen LogP contribution in [0.2, 0.25) is 5.02 Å². The minimum absolute atomic E-state index is 0.0491. The van der Waals surface area contributed by atoms with E-state index in [1.54, 1.807) is 32.9 Å². The van der Waals surface area contributed by atoms with E-state index in [0.717, 1.165) is 0 Å². The van der Waals surface area contributed by atoms with Gasteiger partial charge in [0.15, 0.2) is 0 Å². The molecule has 0 bridgehead atoms. The van der Waals surface area contributed by atoms with Gasteiger partial charge in [0.25, 0.3) is 10.1 Å². The summed E-state index contributed by atoms with van der Waals surface area (Å²) in [6, 6.07) is 4.88. The predicted molar refractivity (Wildman–Crippen MR) is 93.0 cm³/mol. The van der Waals surface area contributed by atoms with Crippen molar-refractivity contribution >= 4 is 29.1 Å². The van der Waals surface area contributed by atoms with E-state index in [-0.39, 0.29) is 28.1 Å². The fraction of sp³-hybridized carbons (Fsp3) is 0.600. The molecule has 1 unspecified atom stereocenters. The Bertz CT molecular complexity index is 685. The van der Waals surface area contributed by atoms with Crippen LogP contribution in [0.4, 0.5) is 0 Å². The molecule has 0 aliphatic carbocycles. The van der Waals surface area contributed by atoms with E-state index in [1.165, 1.54) is 6.07 Å². The minimum Gasteiger partial charge on any atom is -0.324 e. The molecule has 0 saturated heterocycles. The van der Waals surface area contributed by atoms with Crippen LogP contribution in [0.1, 0.15) is 46.1 Å². The van der Waals surface area contributed by atoms with Crippen LogP contribution in [0.15, 0.2) is 23.1 Å². The van der Waals surface area contributed by atoms with Crippen molar-refractivity contribution in [2.45, 2.75) is 51.5 Å². The Morgan fingerprint density at radius 3 is 2.30 bits per heavy atom. The molecule has 132 valence electrons. The fourth-order valence-electron chi connectivity index (χ4n) is 2.03. The van der Waals surface area contributed by atoms with Crippen LogP contribution < -0.4 is 0 Å². The van der Waals surface area contributed by atoms with Gasteiger partial charge in [-0.25, -0.2) is 0 Å². The summed E-state index contributed by atoms with van der Waals surface area (Å²) in [4.78, 5) is -0.0659. The van der Waals surface area contributed by atoms with Gasteiger partial charge in [-0.1, -0.05) is 44.5 Å². The number of hydrogen-bond donors (Lipinski definition) is 0. The van der Waals surface area contributed by atoms with E-state index >= 15 is 0 Å². The molecular weight excluding hydrogens is 359 g/mol. The minimum atomic E-state index is -4.13. The zero-order chi connectivity index (χ0) is 17.8. The second-order valence-electron chi connectivity index (χ2n) is 5.80. The molecule has 1 aromatic carbocycles. The molecule has 1 aromatic rings. The molecule has 1 atom stereocenters. The quantitative estimate of drug-likeness (QED) is 0.474. The first kappa shape index (κ1) is 20.7. The van der Waals surface area contributed by atoms with Gasteiger partial charge in [0, 0.05) is 6.16 Å². The van der Waals surface area contributed by atoms with Gasteiger partial charge < -0.3 is 4.52 Å². The fourth-order valence-corrected chi connectivity index (χ4v) is 5.87. The standard InChI is InChI=1S/C15H24ClO5PS/c1-6-22(17,21-12(4)5)10-20-23(18,19)15-13(11(2)3)8-7-9-14(15)16/h7-9,11-12H,6,10H2,1-5H3. The van der Waals surface area contributed by atoms with Gasteiger partial charge in [-0.3, -0.25) is 8.75 Å². The van der Waals surface area contributed by atoms with Gasteiger partial charge in [-0.2, -0.15) is 8.42 Å². The Balaban J connectivity index is 3.13. The smallest absolute Gasteiger partial charge is 0.299 e. The van der Waals surface area contributed by atoms with E-state index in [1.807, 2.05) is 13.8 Å². The normalized spacial score (nSPS) is 15.1. The van der Waals surface area contributed by atoms with Crippen LogP contribution in [0.5, 0.6) is 0 Å². The van der Waals surface area contributed by atoms with Crippen molar-refractivity contribution in [3.05, 3.63) is 28.8 Å². The molecule has 8 heteroatoms. The third-order valence-electron chi connectivity index (χ3n) is 3.16. The first-order valence-electron chi connectivity index (χ1n) is 7.46. The second kappa shape index (κ2) is 8.13. The highest BCUT2D eigenvalue weighted by molar-refractivity contribution is 7.87. The molecule has 0 saturated carbocycles. The maximum absolute atomic E-state index is 12.5. The van der Waals surface area contributed by atoms with Gasteiger partial charge in [-0.05, 0) is 31.4 Å². The predicted octanol–water partition coefficient (Wildman–Crippen LogP) is 4.85. The van der Waals surface area contributed by atoms with Crippen molar-refractivity contribution in [2.24, 2.45) is 0 Å². The third kappa shape index (κ3) is 5.57. The molecule has 0 heterocycles. The SMILES string of the molecule is CCP(=O)(COS(=O)(=O)c1c(Cl)cccc1C(C)C)OC(C)C. The van der Waals surface area contributed by atoms with Gasteiger partial charge in [0.1, 0.15) is 11.2 Å². The summed E-state index contributed by atoms with van der Waals surface area (Å²) < 4.78 is 48.0. The summed E-state index contributed by atoms with van der Waals surface area (Å²) in [7, 11) is -7.30. The lowest BCUT2D eigenvalue weighted by Crippen LogP contribution is -2.14. The second-order valence-corrected chi connectivity index (χ2v) is 10.5. The highest BCUT2D eigenvalue weighted by atomic mass is 35.5. The number of halogens is 1. The zero-order valence-corrected chi connectivity index (χ0v) is 16.5. The van der Waals surface area contributed by atoms with Crippen molar-refractivity contribution < 1.29 is 21.7 Å². The van der Waals surface area contributed by atoms with E-state index in [9.17, 15) is 13.0 Å². The zero-order valence-electron chi connectivity index (χ0n) is 14.1. The summed E-state index contributed by atoms with van der Waals surface area (Å²) in [5.41, 5.74) is 0.564. The molecule has 0 aliphatic heterocycles. The van der Waals surface area contributed by atoms with Crippen molar-refractivity contribution in [1.82, 2.24) is 0 Å². The monoisotopic (exact) mass is 382 g/mol. The highest BCUT2D eigenvalue weighted by Gasteiger charge is 2.30. The first-order chi connectivity index (χ1) is 10.5. The van der Waals surface area contributed by atoms with Crippen LogP contribution in [0, 0.1) is 0 Å². The number of benzene rings is 1. The van der Waals surface area contributed by atoms with E-state index in [2.05, 4.69) is 0 Å². The van der Waals surface area contributed by atoms with Gasteiger partial charge in [0.05, 0.1) is 11.1 Å². The van der Waals surface area contributed by atoms with E-state index < -0.39 is 23.8 Å². The molecule has 5 nitrogen and oxygen atoms in total. The molecule has 0 radical (unpaired) electrons. The lowest BCUT2D eigenvalue weighted by Gasteiger charge is -2.20. The van der Waals surface area contributed by atoms with Crippen LogP contribution >= 0.6 is 19.0 Å². The van der Waals surface area contributed by atoms with Crippen LogP contribution in [-0.2, 0) is 23.4 Å². The van der Waals surface area contributed by atoms with E-state index in [4.69, 9.17) is 20.3 Å². The number of hydrogen-bond acceptors (Lipinski definition) is 5. The average Bonchev–Trinajstić information content (AvgIpc) is 2.44. The summed E-state index contributed by atoms with van der Waals surface area (Å²) in [6.07, 6.45) is -0.578. The number of rotatable bonds is 8. The van der Waals surface area contributed by atoms with Gasteiger partial charge in [0.2, 0.25) is 7.37 Å². The third-order valence-corrected chi connectivity index (χ3v) is 7.44. The molecule has 0 aromatic heterocycles. The first-order valence-corrected chi connectivity index (χ1v) is 11.2. The molecule has 0 fully saturated rings. The maximum Gasteiger partial charge on any atom is 0.299 e. The van der Waals surface area contributed by atoms with Crippen molar-refractivity contribution in [1.29, 1.82) is 0 Å². The van der Waals surface area contributed by atoms with Crippen LogP contribution in [-0.4, -0.2) is 27.0 Å². The van der Waals surface area contributed by atoms with Crippen LogP contribution in [0.3, 0.4) is 0 Å². The maximum atomic E-state index is 12.5. The largest absolute Gasteiger partial charge is 0.324 e. The molecule has 0 aliphatic rings. The molecule has 0 spiro atoms. The van der Waals surface area contributed by atoms with Crippen molar-refractivity contribution in [3.63, 3.8) is 0 Å². The lowest BCUT2D eigenvalue weighted by atomic mass is 10.0. The van der Waals surface area contributed by atoms with Gasteiger partial charge >= 0.3 is 0 Å². The Hall–Kier alpha value is -0.390. The molecular formula is C15H24ClO5PS. The molecule has 1 rings (SSSR count). The molecule has 0 N–H and O–H groups in total. The average molecular weight is 383 g/mol. The summed E-state index contributed by atoms with van der Waals surface area (Å²) in [6.45, 7) is 8.88. The summed E-state index contributed by atoms with van der Waals surface area (Å²) in [5.74, 6) is -0.0491. The Kier molecular flexibility index (Phi) is 7.30. The van der Waals surface area contributed by atoms with E-state index in [0.29, 0.717) is 5.56 Å².